The second-order valence-corrected chi connectivity index (χ2v) is 4.36. The smallest absolute Gasteiger partial charge is 0.244 e. The summed E-state index contributed by atoms with van der Waals surface area (Å²) in [5, 5.41) is 11.5. The molecule has 0 atom stereocenters. The van der Waals surface area contributed by atoms with Crippen molar-refractivity contribution in [2.75, 3.05) is 5.32 Å². The number of nitrogens with one attached hydrogen (secondary N) is 1. The van der Waals surface area contributed by atoms with E-state index >= 15 is 0 Å². The van der Waals surface area contributed by atoms with Crippen molar-refractivity contribution in [2.24, 2.45) is 5.41 Å². The number of nitriles is 1. The molecule has 0 aliphatic carbocycles. The highest BCUT2D eigenvalue weighted by Crippen LogP contribution is 2.29. The molecule has 0 spiro atoms. The van der Waals surface area contributed by atoms with Crippen LogP contribution in [0.3, 0.4) is 0 Å². The van der Waals surface area contributed by atoms with Crippen molar-refractivity contribution in [1.82, 2.24) is 0 Å². The Labute approximate surface area is 111 Å². The molecule has 0 unspecified atom stereocenters. The first-order chi connectivity index (χ1) is 8.50. The molecule has 1 amide bonds. The number of anilines is 1. The molecule has 0 saturated carbocycles. The maximum absolute atomic E-state index is 13.6. The van der Waals surface area contributed by atoms with Crippen LogP contribution in [0.2, 0.25) is 5.02 Å². The number of nitrogens with zero attached hydrogens (tertiary/aromatic N) is 1. The normalized spacial score (nSPS) is 10.8. The van der Waals surface area contributed by atoms with Gasteiger partial charge < -0.3 is 5.32 Å². The maximum Gasteiger partial charge on any atom is 0.244 e. The van der Waals surface area contributed by atoms with Crippen molar-refractivity contribution in [3.63, 3.8) is 0 Å². The highest BCUT2D eigenvalue weighted by Gasteiger charge is 2.35. The molecule has 1 rings (SSSR count). The summed E-state index contributed by atoms with van der Waals surface area (Å²) in [7, 11) is 0. The zero-order chi connectivity index (χ0) is 13.8. The van der Waals surface area contributed by atoms with Gasteiger partial charge in [-0.3, -0.25) is 4.79 Å². The molecular formula is C13H14ClFN2O. The number of amides is 1. The predicted molar refractivity (Wildman–Crippen MR) is 68.7 cm³/mol. The minimum absolute atomic E-state index is 0.00553. The Morgan fingerprint density at radius 3 is 2.61 bits per heavy atom. The van der Waals surface area contributed by atoms with E-state index in [1.54, 1.807) is 13.8 Å². The van der Waals surface area contributed by atoms with Gasteiger partial charge in [-0.15, -0.1) is 0 Å². The Bertz CT molecular complexity index is 492. The van der Waals surface area contributed by atoms with Crippen molar-refractivity contribution in [1.29, 1.82) is 5.26 Å². The Morgan fingerprint density at radius 2 is 2.11 bits per heavy atom. The first-order valence-corrected chi connectivity index (χ1v) is 6.05. The molecule has 0 saturated heterocycles. The molecule has 0 aliphatic heterocycles. The number of halogens is 2. The molecule has 1 aromatic rings. The van der Waals surface area contributed by atoms with Crippen LogP contribution in [0, 0.1) is 22.6 Å². The number of hydrogen-bond donors (Lipinski definition) is 1. The molecule has 18 heavy (non-hydrogen) atoms. The summed E-state index contributed by atoms with van der Waals surface area (Å²) >= 11 is 5.62. The second kappa shape index (κ2) is 5.83. The fourth-order valence-electron chi connectivity index (χ4n) is 1.62. The van der Waals surface area contributed by atoms with Crippen molar-refractivity contribution in [3.8, 4) is 6.07 Å². The van der Waals surface area contributed by atoms with Gasteiger partial charge in [0.25, 0.3) is 0 Å². The van der Waals surface area contributed by atoms with E-state index in [0.717, 1.165) is 0 Å². The summed E-state index contributed by atoms with van der Waals surface area (Å²) in [5.74, 6) is -1.19. The number of benzene rings is 1. The third-order valence-electron chi connectivity index (χ3n) is 3.06. The van der Waals surface area contributed by atoms with Crippen LogP contribution in [0.1, 0.15) is 26.7 Å². The average molecular weight is 269 g/mol. The van der Waals surface area contributed by atoms with Gasteiger partial charge in [-0.1, -0.05) is 31.5 Å². The van der Waals surface area contributed by atoms with Crippen LogP contribution in [0.15, 0.2) is 18.2 Å². The molecule has 96 valence electrons. The topological polar surface area (TPSA) is 52.9 Å². The number of carbonyl (C=O) groups is 1. The Hall–Kier alpha value is -1.60. The van der Waals surface area contributed by atoms with E-state index in [1.165, 1.54) is 18.2 Å². The third-order valence-corrected chi connectivity index (χ3v) is 3.35. The van der Waals surface area contributed by atoms with Gasteiger partial charge in [0, 0.05) is 0 Å². The van der Waals surface area contributed by atoms with E-state index in [1.807, 2.05) is 6.07 Å². The van der Waals surface area contributed by atoms with E-state index in [9.17, 15) is 9.18 Å². The lowest BCUT2D eigenvalue weighted by Crippen LogP contribution is -2.34. The first-order valence-electron chi connectivity index (χ1n) is 5.67. The minimum Gasteiger partial charge on any atom is -0.322 e. The quantitative estimate of drug-likeness (QED) is 0.904. The fourth-order valence-corrected chi connectivity index (χ4v) is 1.80. The van der Waals surface area contributed by atoms with E-state index in [0.29, 0.717) is 12.8 Å². The van der Waals surface area contributed by atoms with Gasteiger partial charge in [-0.05, 0) is 25.0 Å². The fraction of sp³-hybridized carbons (Fsp3) is 0.385. The van der Waals surface area contributed by atoms with Gasteiger partial charge in [0.15, 0.2) is 5.82 Å². The van der Waals surface area contributed by atoms with Crippen LogP contribution >= 0.6 is 11.6 Å². The lowest BCUT2D eigenvalue weighted by Gasteiger charge is -2.22. The van der Waals surface area contributed by atoms with Gasteiger partial charge in [-0.2, -0.15) is 5.26 Å². The number of hydrogen-bond acceptors (Lipinski definition) is 2. The van der Waals surface area contributed by atoms with E-state index in [4.69, 9.17) is 16.9 Å². The standard InChI is InChI=1S/C13H14ClFN2O/c1-3-13(4-2,8-16)12(18)17-10-7-5-6-9(14)11(10)15/h5-7H,3-4H2,1-2H3,(H,17,18). The van der Waals surface area contributed by atoms with E-state index in [-0.39, 0.29) is 10.7 Å². The SMILES string of the molecule is CCC(C#N)(CC)C(=O)Nc1cccc(Cl)c1F. The van der Waals surface area contributed by atoms with Crippen molar-refractivity contribution >= 4 is 23.2 Å². The summed E-state index contributed by atoms with van der Waals surface area (Å²) in [4.78, 5) is 12.0. The highest BCUT2D eigenvalue weighted by atomic mass is 35.5. The molecule has 0 heterocycles. The van der Waals surface area contributed by atoms with E-state index < -0.39 is 17.1 Å². The molecule has 5 heteroatoms. The molecule has 0 aliphatic rings. The van der Waals surface area contributed by atoms with Crippen LogP contribution in [0.25, 0.3) is 0 Å². The van der Waals surface area contributed by atoms with Gasteiger partial charge >= 0.3 is 0 Å². The molecule has 0 aromatic heterocycles. The van der Waals surface area contributed by atoms with Crippen molar-refractivity contribution in [3.05, 3.63) is 29.0 Å². The number of rotatable bonds is 4. The summed E-state index contributed by atoms with van der Waals surface area (Å²) in [6, 6.07) is 6.34. The molecular weight excluding hydrogens is 255 g/mol. The molecule has 0 fully saturated rings. The summed E-state index contributed by atoms with van der Waals surface area (Å²) in [5.41, 5.74) is -1.14. The van der Waals surface area contributed by atoms with Crippen LogP contribution < -0.4 is 5.32 Å². The Kier molecular flexibility index (Phi) is 4.69. The average Bonchev–Trinajstić information content (AvgIpc) is 2.38. The van der Waals surface area contributed by atoms with E-state index in [2.05, 4.69) is 5.32 Å². The molecule has 3 nitrogen and oxygen atoms in total. The molecule has 0 radical (unpaired) electrons. The van der Waals surface area contributed by atoms with Crippen molar-refractivity contribution in [2.45, 2.75) is 26.7 Å². The number of carbonyl (C=O) groups excluding carboxylic acids is 1. The zero-order valence-corrected chi connectivity index (χ0v) is 11.0. The lowest BCUT2D eigenvalue weighted by atomic mass is 9.83. The van der Waals surface area contributed by atoms with Gasteiger partial charge in [0.1, 0.15) is 5.41 Å². The first kappa shape index (κ1) is 14.5. The predicted octanol–water partition coefficient (Wildman–Crippen LogP) is 3.75. The summed E-state index contributed by atoms with van der Waals surface area (Å²) in [6.45, 7) is 3.50. The zero-order valence-electron chi connectivity index (χ0n) is 10.3. The molecule has 1 N–H and O–H groups in total. The van der Waals surface area contributed by atoms with Crippen LogP contribution in [-0.4, -0.2) is 5.91 Å². The van der Waals surface area contributed by atoms with Gasteiger partial charge in [-0.25, -0.2) is 4.39 Å². The maximum atomic E-state index is 13.6. The van der Waals surface area contributed by atoms with Gasteiger partial charge in [0.05, 0.1) is 16.8 Å². The lowest BCUT2D eigenvalue weighted by molar-refractivity contribution is -0.123. The third kappa shape index (κ3) is 2.62. The van der Waals surface area contributed by atoms with Crippen LogP contribution in [-0.2, 0) is 4.79 Å². The van der Waals surface area contributed by atoms with Gasteiger partial charge in [0.2, 0.25) is 5.91 Å². The highest BCUT2D eigenvalue weighted by molar-refractivity contribution is 6.31. The summed E-state index contributed by atoms with van der Waals surface area (Å²) in [6.07, 6.45) is 0.738. The Morgan fingerprint density at radius 1 is 1.50 bits per heavy atom. The van der Waals surface area contributed by atoms with Crippen LogP contribution in [0.4, 0.5) is 10.1 Å². The monoisotopic (exact) mass is 268 g/mol. The Balaban J connectivity index is 3.01. The van der Waals surface area contributed by atoms with Crippen LogP contribution in [0.5, 0.6) is 0 Å². The van der Waals surface area contributed by atoms with Crippen molar-refractivity contribution < 1.29 is 9.18 Å². The minimum atomic E-state index is -1.13. The molecule has 1 aromatic carbocycles. The molecule has 0 bridgehead atoms. The summed E-state index contributed by atoms with van der Waals surface area (Å²) < 4.78 is 13.6. The largest absolute Gasteiger partial charge is 0.322 e. The second-order valence-electron chi connectivity index (χ2n) is 3.96.